The Kier molecular flexibility index (Phi) is 3.70. The van der Waals surface area contributed by atoms with E-state index in [0.717, 1.165) is 18.6 Å². The zero-order valence-corrected chi connectivity index (χ0v) is 12.5. The predicted octanol–water partition coefficient (Wildman–Crippen LogP) is 1.14. The molecule has 1 aliphatic carbocycles. The second-order valence-electron chi connectivity index (χ2n) is 5.66. The molecular weight excluding hydrogens is 302 g/mol. The molecule has 2 aromatic rings. The summed E-state index contributed by atoms with van der Waals surface area (Å²) < 4.78 is 15.6. The lowest BCUT2D eigenvalue weighted by Gasteiger charge is -2.26. The van der Waals surface area contributed by atoms with Gasteiger partial charge in [-0.3, -0.25) is 0 Å². The van der Waals surface area contributed by atoms with Crippen LogP contribution in [0.25, 0.3) is 11.5 Å². The van der Waals surface area contributed by atoms with Crippen molar-refractivity contribution in [2.24, 2.45) is 0 Å². The monoisotopic (exact) mass is 319 g/mol. The molecule has 0 radical (unpaired) electrons. The summed E-state index contributed by atoms with van der Waals surface area (Å²) >= 11 is 0. The molecule has 0 aromatic carbocycles. The molecule has 2 fully saturated rings. The molecule has 1 saturated heterocycles. The number of hydrogen-bond donors (Lipinski definition) is 1. The molecule has 9 heteroatoms. The van der Waals surface area contributed by atoms with Crippen LogP contribution in [-0.2, 0) is 11.3 Å². The van der Waals surface area contributed by atoms with Crippen LogP contribution in [-0.4, -0.2) is 52.5 Å². The minimum absolute atomic E-state index is 0.162. The number of carbonyl (C=O) groups excluding carboxylic acids is 1. The summed E-state index contributed by atoms with van der Waals surface area (Å²) in [5.74, 6) is 2.05. The summed E-state index contributed by atoms with van der Waals surface area (Å²) in [7, 11) is 0. The Balaban J connectivity index is 1.34. The van der Waals surface area contributed by atoms with E-state index in [2.05, 4.69) is 20.6 Å². The summed E-state index contributed by atoms with van der Waals surface area (Å²) in [6, 6.07) is 1.68. The molecule has 2 aliphatic rings. The second kappa shape index (κ2) is 5.99. The van der Waals surface area contributed by atoms with E-state index in [1.165, 1.54) is 0 Å². The van der Waals surface area contributed by atoms with Crippen LogP contribution < -0.4 is 5.32 Å². The highest BCUT2D eigenvalue weighted by Crippen LogP contribution is 2.40. The van der Waals surface area contributed by atoms with Gasteiger partial charge in [0.1, 0.15) is 5.76 Å². The van der Waals surface area contributed by atoms with E-state index in [-0.39, 0.29) is 12.6 Å². The van der Waals surface area contributed by atoms with Crippen molar-refractivity contribution in [3.63, 3.8) is 0 Å². The molecule has 2 amide bonds. The van der Waals surface area contributed by atoms with Gasteiger partial charge in [-0.15, -0.1) is 0 Å². The van der Waals surface area contributed by atoms with Crippen LogP contribution in [0.4, 0.5) is 4.79 Å². The van der Waals surface area contributed by atoms with Crippen LogP contribution in [0.2, 0.25) is 0 Å². The Morgan fingerprint density at radius 2 is 2.09 bits per heavy atom. The maximum atomic E-state index is 12.0. The first-order valence-corrected chi connectivity index (χ1v) is 7.69. The fraction of sp³-hybridized carbons (Fsp3) is 0.571. The largest absolute Gasteiger partial charge is 0.378 e. The first-order valence-electron chi connectivity index (χ1n) is 7.69. The van der Waals surface area contributed by atoms with Gasteiger partial charge < -0.3 is 24.0 Å². The molecule has 2 aromatic heterocycles. The Morgan fingerprint density at radius 3 is 2.87 bits per heavy atom. The molecule has 1 saturated carbocycles. The molecular formula is C14H17N5O4. The lowest BCUT2D eigenvalue weighted by Crippen LogP contribution is -2.45. The van der Waals surface area contributed by atoms with Crippen LogP contribution in [0.15, 0.2) is 15.1 Å². The Bertz CT molecular complexity index is 687. The van der Waals surface area contributed by atoms with E-state index in [1.54, 1.807) is 4.90 Å². The van der Waals surface area contributed by atoms with E-state index < -0.39 is 0 Å². The summed E-state index contributed by atoms with van der Waals surface area (Å²) in [4.78, 5) is 17.9. The van der Waals surface area contributed by atoms with Crippen molar-refractivity contribution in [2.45, 2.75) is 25.3 Å². The molecule has 0 unspecified atom stereocenters. The van der Waals surface area contributed by atoms with E-state index in [4.69, 9.17) is 13.8 Å². The van der Waals surface area contributed by atoms with Gasteiger partial charge in [-0.05, 0) is 12.8 Å². The number of rotatable bonds is 4. The van der Waals surface area contributed by atoms with E-state index >= 15 is 0 Å². The van der Waals surface area contributed by atoms with Gasteiger partial charge in [0.25, 0.3) is 0 Å². The third kappa shape index (κ3) is 3.19. The number of aromatic nitrogens is 3. The number of hydrogen-bond acceptors (Lipinski definition) is 7. The van der Waals surface area contributed by atoms with E-state index in [1.807, 2.05) is 6.07 Å². The zero-order valence-electron chi connectivity index (χ0n) is 12.5. The number of carbonyl (C=O) groups is 1. The van der Waals surface area contributed by atoms with Gasteiger partial charge in [0.15, 0.2) is 5.69 Å². The first-order chi connectivity index (χ1) is 11.3. The minimum Gasteiger partial charge on any atom is -0.378 e. The number of morpholine rings is 1. The van der Waals surface area contributed by atoms with Crippen molar-refractivity contribution in [1.29, 1.82) is 0 Å². The van der Waals surface area contributed by atoms with Crippen molar-refractivity contribution in [2.75, 3.05) is 26.3 Å². The summed E-state index contributed by atoms with van der Waals surface area (Å²) in [5, 5.41) is 10.6. The molecule has 1 aliphatic heterocycles. The predicted molar refractivity (Wildman–Crippen MR) is 76.4 cm³/mol. The van der Waals surface area contributed by atoms with Gasteiger partial charge in [0.2, 0.25) is 11.7 Å². The molecule has 3 heterocycles. The van der Waals surface area contributed by atoms with Crippen LogP contribution in [0.3, 0.4) is 0 Å². The molecule has 4 rings (SSSR count). The third-order valence-electron chi connectivity index (χ3n) is 3.89. The minimum atomic E-state index is -0.162. The maximum absolute atomic E-state index is 12.0. The highest BCUT2D eigenvalue weighted by atomic mass is 16.5. The average Bonchev–Trinajstić information content (AvgIpc) is 3.13. The third-order valence-corrected chi connectivity index (χ3v) is 3.89. The molecule has 0 bridgehead atoms. The maximum Gasteiger partial charge on any atom is 0.317 e. The van der Waals surface area contributed by atoms with Crippen LogP contribution in [0.1, 0.15) is 30.4 Å². The normalized spacial score (nSPS) is 18.2. The van der Waals surface area contributed by atoms with Gasteiger partial charge in [-0.25, -0.2) is 4.79 Å². The van der Waals surface area contributed by atoms with Crippen molar-refractivity contribution in [3.8, 4) is 11.5 Å². The van der Waals surface area contributed by atoms with Gasteiger partial charge in [0, 0.05) is 25.1 Å². The number of nitrogens with zero attached hydrogens (tertiary/aromatic N) is 4. The van der Waals surface area contributed by atoms with Crippen molar-refractivity contribution < 1.29 is 18.6 Å². The molecule has 23 heavy (non-hydrogen) atoms. The summed E-state index contributed by atoms with van der Waals surface area (Å²) in [5.41, 5.74) is 0.557. The van der Waals surface area contributed by atoms with Gasteiger partial charge in [0.05, 0.1) is 19.8 Å². The van der Waals surface area contributed by atoms with Crippen LogP contribution >= 0.6 is 0 Å². The highest BCUT2D eigenvalue weighted by Gasteiger charge is 2.28. The quantitative estimate of drug-likeness (QED) is 0.900. The SMILES string of the molecule is O=C(NCc1nc(-c2cc(C3CC3)on2)no1)N1CCOCC1. The van der Waals surface area contributed by atoms with Gasteiger partial charge in [-0.2, -0.15) is 4.98 Å². The summed E-state index contributed by atoms with van der Waals surface area (Å²) in [6.45, 7) is 2.48. The number of amides is 2. The van der Waals surface area contributed by atoms with Crippen LogP contribution in [0.5, 0.6) is 0 Å². The zero-order chi connectivity index (χ0) is 15.6. The fourth-order valence-corrected chi connectivity index (χ4v) is 2.42. The molecule has 0 spiro atoms. The number of ether oxygens (including phenoxy) is 1. The Labute approximate surface area is 131 Å². The van der Waals surface area contributed by atoms with Crippen molar-refractivity contribution in [1.82, 2.24) is 25.5 Å². The Hall–Kier alpha value is -2.42. The summed E-state index contributed by atoms with van der Waals surface area (Å²) in [6.07, 6.45) is 2.28. The number of urea groups is 1. The topological polar surface area (TPSA) is 107 Å². The average molecular weight is 319 g/mol. The smallest absolute Gasteiger partial charge is 0.317 e. The van der Waals surface area contributed by atoms with Crippen LogP contribution in [0, 0.1) is 0 Å². The first kappa shape index (κ1) is 14.2. The molecule has 1 N–H and O–H groups in total. The molecule has 0 atom stereocenters. The van der Waals surface area contributed by atoms with Gasteiger partial charge >= 0.3 is 6.03 Å². The van der Waals surface area contributed by atoms with Crippen molar-refractivity contribution >= 4 is 6.03 Å². The van der Waals surface area contributed by atoms with E-state index in [0.29, 0.717) is 49.6 Å². The molecule has 122 valence electrons. The van der Waals surface area contributed by atoms with E-state index in [9.17, 15) is 4.79 Å². The van der Waals surface area contributed by atoms with Crippen molar-refractivity contribution in [3.05, 3.63) is 17.7 Å². The fourth-order valence-electron chi connectivity index (χ4n) is 2.42. The standard InChI is InChI=1S/C14H17N5O4/c20-14(19-3-5-21-6-4-19)15-8-12-16-13(18-23-12)10-7-11(22-17-10)9-1-2-9/h7,9H,1-6,8H2,(H,15,20). The second-order valence-corrected chi connectivity index (χ2v) is 5.66. The lowest BCUT2D eigenvalue weighted by atomic mass is 10.3. The highest BCUT2D eigenvalue weighted by molar-refractivity contribution is 5.74. The van der Waals surface area contributed by atoms with Gasteiger partial charge in [-0.1, -0.05) is 10.3 Å². The number of nitrogens with one attached hydrogen (secondary N) is 1. The molecule has 9 nitrogen and oxygen atoms in total. The Morgan fingerprint density at radius 1 is 1.26 bits per heavy atom. The lowest BCUT2D eigenvalue weighted by molar-refractivity contribution is 0.0529.